The first kappa shape index (κ1) is 18.5. The van der Waals surface area contributed by atoms with Crippen LogP contribution in [0.1, 0.15) is 47.8 Å². The number of carbonyl (C=O) groups is 1. The number of fused-ring (bicyclic) bond motifs is 1. The van der Waals surface area contributed by atoms with E-state index < -0.39 is 0 Å². The monoisotopic (exact) mass is 381 g/mol. The van der Waals surface area contributed by atoms with Gasteiger partial charge in [-0.1, -0.05) is 25.0 Å². The number of rotatable bonds is 4. The Morgan fingerprint density at radius 2 is 1.54 bits per heavy atom. The van der Waals surface area contributed by atoms with Crippen LogP contribution in [0.5, 0.6) is 11.5 Å². The lowest BCUT2D eigenvalue weighted by Crippen LogP contribution is -2.38. The number of nitrogens with zero attached hydrogens (tertiary/aromatic N) is 1. The summed E-state index contributed by atoms with van der Waals surface area (Å²) in [5.74, 6) is 1.01. The van der Waals surface area contributed by atoms with Crippen molar-refractivity contribution in [2.24, 2.45) is 0 Å². The molecule has 1 amide bonds. The van der Waals surface area contributed by atoms with Crippen molar-refractivity contribution in [3.05, 3.63) is 47.5 Å². The SMILES string of the molecule is COc1cc2c(cc1OC)C(=O)NC(c1ccc(N3CCCCCC3)cc1)N2. The summed E-state index contributed by atoms with van der Waals surface area (Å²) in [7, 11) is 3.15. The predicted molar refractivity (Wildman–Crippen MR) is 110 cm³/mol. The van der Waals surface area contributed by atoms with Crippen LogP contribution in [0, 0.1) is 0 Å². The molecule has 1 saturated heterocycles. The minimum atomic E-state index is -0.281. The largest absolute Gasteiger partial charge is 0.493 e. The van der Waals surface area contributed by atoms with Crippen molar-refractivity contribution in [2.75, 3.05) is 37.5 Å². The van der Waals surface area contributed by atoms with E-state index in [1.165, 1.54) is 31.4 Å². The molecule has 6 heteroatoms. The van der Waals surface area contributed by atoms with E-state index in [9.17, 15) is 4.79 Å². The van der Waals surface area contributed by atoms with Crippen LogP contribution in [-0.2, 0) is 0 Å². The molecule has 0 aliphatic carbocycles. The van der Waals surface area contributed by atoms with Gasteiger partial charge in [0, 0.05) is 24.8 Å². The van der Waals surface area contributed by atoms with Crippen LogP contribution in [0.2, 0.25) is 0 Å². The second kappa shape index (κ2) is 8.00. The minimum absolute atomic E-state index is 0.128. The van der Waals surface area contributed by atoms with Gasteiger partial charge in [-0.05, 0) is 36.6 Å². The standard InChI is InChI=1S/C22H27N3O3/c1-27-19-13-17-18(14-20(19)28-2)23-21(24-22(17)26)15-7-9-16(10-8-15)25-11-5-3-4-6-12-25/h7-10,13-14,21,23H,3-6,11-12H2,1-2H3,(H,24,26). The van der Waals surface area contributed by atoms with E-state index in [2.05, 4.69) is 39.8 Å². The summed E-state index contributed by atoms with van der Waals surface area (Å²) in [5, 5.41) is 6.42. The second-order valence-corrected chi connectivity index (χ2v) is 7.30. The highest BCUT2D eigenvalue weighted by atomic mass is 16.5. The molecule has 2 heterocycles. The summed E-state index contributed by atoms with van der Waals surface area (Å²) in [6.07, 6.45) is 4.87. The Labute approximate surface area is 165 Å². The van der Waals surface area contributed by atoms with Crippen molar-refractivity contribution in [3.63, 3.8) is 0 Å². The molecule has 2 aliphatic heterocycles. The van der Waals surface area contributed by atoms with Gasteiger partial charge in [0.15, 0.2) is 11.5 Å². The number of hydrogen-bond acceptors (Lipinski definition) is 5. The van der Waals surface area contributed by atoms with Crippen LogP contribution >= 0.6 is 0 Å². The molecule has 6 nitrogen and oxygen atoms in total. The molecule has 2 aromatic rings. The molecule has 0 radical (unpaired) electrons. The summed E-state index contributed by atoms with van der Waals surface area (Å²) >= 11 is 0. The van der Waals surface area contributed by atoms with Crippen molar-refractivity contribution in [2.45, 2.75) is 31.8 Å². The van der Waals surface area contributed by atoms with Gasteiger partial charge in [0.05, 0.1) is 25.5 Å². The number of anilines is 2. The van der Waals surface area contributed by atoms with Crippen molar-refractivity contribution >= 4 is 17.3 Å². The van der Waals surface area contributed by atoms with E-state index in [1.807, 2.05) is 6.07 Å². The lowest BCUT2D eigenvalue weighted by atomic mass is 10.0. The van der Waals surface area contributed by atoms with E-state index in [4.69, 9.17) is 9.47 Å². The number of amides is 1. The summed E-state index contributed by atoms with van der Waals surface area (Å²) in [6, 6.07) is 12.0. The predicted octanol–water partition coefficient (Wildman–Crippen LogP) is 3.94. The molecule has 0 saturated carbocycles. The summed E-state index contributed by atoms with van der Waals surface area (Å²) in [4.78, 5) is 15.1. The summed E-state index contributed by atoms with van der Waals surface area (Å²) in [5.41, 5.74) is 3.56. The molecule has 1 unspecified atom stereocenters. The number of carbonyl (C=O) groups excluding carboxylic acids is 1. The fourth-order valence-corrected chi connectivity index (χ4v) is 3.96. The molecule has 2 aliphatic rings. The van der Waals surface area contributed by atoms with Gasteiger partial charge in [0.25, 0.3) is 5.91 Å². The average Bonchev–Trinajstić information content (AvgIpc) is 3.02. The van der Waals surface area contributed by atoms with Gasteiger partial charge < -0.3 is 25.0 Å². The fraction of sp³-hybridized carbons (Fsp3) is 0.409. The molecule has 2 aromatic carbocycles. The molecular weight excluding hydrogens is 354 g/mol. The number of ether oxygens (including phenoxy) is 2. The third kappa shape index (κ3) is 3.59. The summed E-state index contributed by atoms with van der Waals surface area (Å²) < 4.78 is 10.7. The van der Waals surface area contributed by atoms with Gasteiger partial charge >= 0.3 is 0 Å². The van der Waals surface area contributed by atoms with E-state index in [1.54, 1.807) is 20.3 Å². The smallest absolute Gasteiger partial charge is 0.255 e. The van der Waals surface area contributed by atoms with Gasteiger partial charge in [-0.3, -0.25) is 4.79 Å². The van der Waals surface area contributed by atoms with Crippen LogP contribution < -0.4 is 25.0 Å². The molecule has 0 aromatic heterocycles. The minimum Gasteiger partial charge on any atom is -0.493 e. The second-order valence-electron chi connectivity index (χ2n) is 7.30. The van der Waals surface area contributed by atoms with Crippen LogP contribution in [0.3, 0.4) is 0 Å². The van der Waals surface area contributed by atoms with Crippen molar-refractivity contribution in [3.8, 4) is 11.5 Å². The first-order chi connectivity index (χ1) is 13.7. The lowest BCUT2D eigenvalue weighted by molar-refractivity contribution is 0.0935. The van der Waals surface area contributed by atoms with Gasteiger partial charge in [0.1, 0.15) is 6.17 Å². The Hall–Kier alpha value is -2.89. The van der Waals surface area contributed by atoms with Crippen LogP contribution in [-0.4, -0.2) is 33.2 Å². The Bertz CT molecular complexity index is 843. The van der Waals surface area contributed by atoms with E-state index >= 15 is 0 Å². The van der Waals surface area contributed by atoms with E-state index in [0.29, 0.717) is 17.1 Å². The number of benzene rings is 2. The number of nitrogens with one attached hydrogen (secondary N) is 2. The Kier molecular flexibility index (Phi) is 5.28. The first-order valence-electron chi connectivity index (χ1n) is 9.88. The number of methoxy groups -OCH3 is 2. The average molecular weight is 381 g/mol. The van der Waals surface area contributed by atoms with Gasteiger partial charge in [-0.25, -0.2) is 0 Å². The maximum absolute atomic E-state index is 12.6. The van der Waals surface area contributed by atoms with Gasteiger partial charge in [-0.15, -0.1) is 0 Å². The quantitative estimate of drug-likeness (QED) is 0.840. The number of hydrogen-bond donors (Lipinski definition) is 2. The van der Waals surface area contributed by atoms with E-state index in [-0.39, 0.29) is 12.1 Å². The molecule has 148 valence electrons. The normalized spacial score (nSPS) is 19.1. The fourth-order valence-electron chi connectivity index (χ4n) is 3.96. The molecule has 4 rings (SSSR count). The zero-order chi connectivity index (χ0) is 19.5. The maximum atomic E-state index is 12.6. The Morgan fingerprint density at radius 1 is 0.893 bits per heavy atom. The third-order valence-electron chi connectivity index (χ3n) is 5.54. The van der Waals surface area contributed by atoms with Gasteiger partial charge in [-0.2, -0.15) is 0 Å². The third-order valence-corrected chi connectivity index (χ3v) is 5.54. The maximum Gasteiger partial charge on any atom is 0.255 e. The molecular formula is C22H27N3O3. The first-order valence-corrected chi connectivity index (χ1v) is 9.88. The highest BCUT2D eigenvalue weighted by molar-refractivity contribution is 6.02. The Balaban J connectivity index is 1.55. The van der Waals surface area contributed by atoms with Crippen molar-refractivity contribution < 1.29 is 14.3 Å². The van der Waals surface area contributed by atoms with Crippen molar-refractivity contribution in [1.29, 1.82) is 0 Å². The lowest BCUT2D eigenvalue weighted by Gasteiger charge is -2.29. The molecule has 28 heavy (non-hydrogen) atoms. The zero-order valence-electron chi connectivity index (χ0n) is 16.5. The van der Waals surface area contributed by atoms with Crippen LogP contribution in [0.25, 0.3) is 0 Å². The van der Waals surface area contributed by atoms with Crippen LogP contribution in [0.15, 0.2) is 36.4 Å². The molecule has 0 bridgehead atoms. The van der Waals surface area contributed by atoms with Crippen LogP contribution in [0.4, 0.5) is 11.4 Å². The molecule has 1 fully saturated rings. The highest BCUT2D eigenvalue weighted by Crippen LogP contribution is 2.37. The van der Waals surface area contributed by atoms with Crippen molar-refractivity contribution in [1.82, 2.24) is 5.32 Å². The zero-order valence-corrected chi connectivity index (χ0v) is 16.5. The molecule has 0 spiro atoms. The highest BCUT2D eigenvalue weighted by Gasteiger charge is 2.27. The molecule has 2 N–H and O–H groups in total. The summed E-state index contributed by atoms with van der Waals surface area (Å²) in [6.45, 7) is 2.24. The van der Waals surface area contributed by atoms with E-state index in [0.717, 1.165) is 24.3 Å². The van der Waals surface area contributed by atoms with Gasteiger partial charge in [0.2, 0.25) is 0 Å². The topological polar surface area (TPSA) is 62.8 Å². The molecule has 1 atom stereocenters. The Morgan fingerprint density at radius 3 is 2.18 bits per heavy atom.